The van der Waals surface area contributed by atoms with Gasteiger partial charge in [-0.05, 0) is 103 Å². The van der Waals surface area contributed by atoms with E-state index in [0.717, 1.165) is 40.8 Å². The summed E-state index contributed by atoms with van der Waals surface area (Å²) in [5.74, 6) is -1.41. The fourth-order valence-corrected chi connectivity index (χ4v) is 9.15. The van der Waals surface area contributed by atoms with Crippen LogP contribution in [0.15, 0.2) is 103 Å². The van der Waals surface area contributed by atoms with Crippen molar-refractivity contribution < 1.29 is 38.2 Å². The van der Waals surface area contributed by atoms with Crippen LogP contribution in [0.2, 0.25) is 0 Å². The van der Waals surface area contributed by atoms with E-state index in [1.807, 2.05) is 80.6 Å². The molecule has 336 valence electrons. The normalized spacial score (nSPS) is 19.8. The highest BCUT2D eigenvalue weighted by Crippen LogP contribution is 2.47. The summed E-state index contributed by atoms with van der Waals surface area (Å²) >= 11 is 0. The first kappa shape index (κ1) is 45.1. The number of benzene rings is 4. The number of nitrogens with one attached hydrogen (secondary N) is 4. The maximum absolute atomic E-state index is 13.7. The predicted octanol–water partition coefficient (Wildman–Crippen LogP) is 7.03. The van der Waals surface area contributed by atoms with Crippen molar-refractivity contribution >= 4 is 52.9 Å². The smallest absolute Gasteiger partial charge is 0.407 e. The first-order chi connectivity index (χ1) is 30.9. The summed E-state index contributed by atoms with van der Waals surface area (Å²) in [5, 5.41) is 11.1. The maximum Gasteiger partial charge on any atom is 0.407 e. The third-order valence-corrected chi connectivity index (χ3v) is 12.5. The number of hydrogen-bond acceptors (Lipinski definition) is 9. The van der Waals surface area contributed by atoms with Gasteiger partial charge in [-0.2, -0.15) is 0 Å². The largest absolute Gasteiger partial charge is 0.453 e. The van der Waals surface area contributed by atoms with E-state index in [1.165, 1.54) is 19.1 Å². The molecule has 0 saturated carbocycles. The lowest BCUT2D eigenvalue weighted by atomic mass is 10.0. The first-order valence-corrected chi connectivity index (χ1v) is 22.0. The van der Waals surface area contributed by atoms with Crippen LogP contribution >= 0.6 is 0 Å². The molecule has 0 radical (unpaired) electrons. The molecule has 5 atom stereocenters. The summed E-state index contributed by atoms with van der Waals surface area (Å²) in [6.45, 7) is 4.28. The van der Waals surface area contributed by atoms with Crippen LogP contribution in [0.4, 0.5) is 26.7 Å². The lowest BCUT2D eigenvalue weighted by Crippen LogP contribution is -2.54. The van der Waals surface area contributed by atoms with Crippen LogP contribution in [0.1, 0.15) is 75.6 Å². The van der Waals surface area contributed by atoms with Crippen LogP contribution in [0.5, 0.6) is 0 Å². The highest BCUT2D eigenvalue weighted by atomic mass is 16.5. The second-order valence-corrected chi connectivity index (χ2v) is 16.8. The minimum atomic E-state index is -0.817. The topological polar surface area (TPSA) is 179 Å². The van der Waals surface area contributed by atoms with Gasteiger partial charge in [0.15, 0.2) is 0 Å². The predicted molar refractivity (Wildman–Crippen MR) is 243 cm³/mol. The quantitative estimate of drug-likeness (QED) is 0.110. The Labute approximate surface area is 373 Å². The van der Waals surface area contributed by atoms with Gasteiger partial charge < -0.3 is 45.4 Å². The maximum atomic E-state index is 13.7. The number of rotatable bonds is 13. The Balaban J connectivity index is 1.06. The zero-order chi connectivity index (χ0) is 45.3. The van der Waals surface area contributed by atoms with Crippen molar-refractivity contribution in [3.05, 3.63) is 114 Å². The van der Waals surface area contributed by atoms with Crippen LogP contribution in [0.25, 0.3) is 11.1 Å². The van der Waals surface area contributed by atoms with Gasteiger partial charge in [-0.1, -0.05) is 80.6 Å². The molecule has 5 unspecified atom stereocenters. The molecule has 3 fully saturated rings. The number of hydrogen-bond donors (Lipinski definition) is 4. The minimum Gasteiger partial charge on any atom is -0.453 e. The molecule has 3 heterocycles. The molecule has 64 heavy (non-hydrogen) atoms. The zero-order valence-corrected chi connectivity index (χ0v) is 36.8. The first-order valence-electron chi connectivity index (χ1n) is 22.0. The molecule has 4 aromatic rings. The SMILES string of the molecule is COC(=O)NCC(=O)N1CCCC1C(=O)Nc1ccc(C2CCC(c3ccc(NC(=O)C4CCCN4C(=O)C(NC(=O)OC)C(C)C)cc3)N2c2ccc(-c3ccccc3)cc2)cc1. The average Bonchev–Trinajstić information content (AvgIpc) is 4.12. The molecule has 7 rings (SSSR count). The zero-order valence-electron chi connectivity index (χ0n) is 36.8. The number of amides is 6. The van der Waals surface area contributed by atoms with E-state index in [9.17, 15) is 28.8 Å². The molecule has 15 nitrogen and oxygen atoms in total. The van der Waals surface area contributed by atoms with E-state index < -0.39 is 30.3 Å². The van der Waals surface area contributed by atoms with E-state index in [2.05, 4.69) is 67.3 Å². The van der Waals surface area contributed by atoms with Crippen LogP contribution in [0.3, 0.4) is 0 Å². The Morgan fingerprint density at radius 1 is 0.609 bits per heavy atom. The molecule has 6 amide bonds. The van der Waals surface area contributed by atoms with Gasteiger partial charge in [0.2, 0.25) is 23.6 Å². The minimum absolute atomic E-state index is 0.00878. The molecule has 4 aromatic carbocycles. The Bertz CT molecular complexity index is 2290. The lowest BCUT2D eigenvalue weighted by Gasteiger charge is -2.33. The number of carbonyl (C=O) groups is 6. The van der Waals surface area contributed by atoms with Gasteiger partial charge >= 0.3 is 12.2 Å². The Morgan fingerprint density at radius 2 is 1.11 bits per heavy atom. The number of carbonyl (C=O) groups excluding carboxylic acids is 6. The molecular formula is C49H57N7O8. The number of anilines is 3. The van der Waals surface area contributed by atoms with Crippen molar-refractivity contribution in [3.8, 4) is 11.1 Å². The van der Waals surface area contributed by atoms with Crippen LogP contribution in [0, 0.1) is 5.92 Å². The van der Waals surface area contributed by atoms with Crippen LogP contribution in [-0.4, -0.2) is 97.6 Å². The van der Waals surface area contributed by atoms with Crippen molar-refractivity contribution in [2.45, 2.75) is 82.6 Å². The summed E-state index contributed by atoms with van der Waals surface area (Å²) < 4.78 is 9.31. The molecule has 3 aliphatic heterocycles. The third kappa shape index (κ3) is 10.3. The Kier molecular flexibility index (Phi) is 14.5. The van der Waals surface area contributed by atoms with E-state index in [1.54, 1.807) is 4.90 Å². The summed E-state index contributed by atoms with van der Waals surface area (Å²) in [6, 6.07) is 32.5. The molecule has 0 spiro atoms. The third-order valence-electron chi connectivity index (χ3n) is 12.5. The van der Waals surface area contributed by atoms with Gasteiger partial charge in [-0.15, -0.1) is 0 Å². The molecule has 3 aliphatic rings. The molecule has 4 N–H and O–H groups in total. The lowest BCUT2D eigenvalue weighted by molar-refractivity contribution is -0.139. The van der Waals surface area contributed by atoms with Crippen molar-refractivity contribution in [3.63, 3.8) is 0 Å². The van der Waals surface area contributed by atoms with Crippen molar-refractivity contribution in [2.24, 2.45) is 5.92 Å². The molecule has 3 saturated heterocycles. The van der Waals surface area contributed by atoms with Gasteiger partial charge in [-0.25, -0.2) is 9.59 Å². The summed E-state index contributed by atoms with van der Waals surface area (Å²) in [7, 11) is 2.47. The second-order valence-electron chi connectivity index (χ2n) is 16.8. The molecule has 0 aromatic heterocycles. The van der Waals surface area contributed by atoms with E-state index >= 15 is 0 Å². The van der Waals surface area contributed by atoms with Gasteiger partial charge in [0.25, 0.3) is 0 Å². The van der Waals surface area contributed by atoms with E-state index in [-0.39, 0.29) is 48.2 Å². The number of alkyl carbamates (subject to hydrolysis) is 2. The summed E-state index contributed by atoms with van der Waals surface area (Å²) in [6.07, 6.45) is 2.73. The van der Waals surface area contributed by atoms with Gasteiger partial charge in [0.1, 0.15) is 24.7 Å². The average molecular weight is 872 g/mol. The van der Waals surface area contributed by atoms with Crippen LogP contribution in [-0.2, 0) is 28.7 Å². The van der Waals surface area contributed by atoms with Crippen molar-refractivity contribution in [1.29, 1.82) is 0 Å². The highest BCUT2D eigenvalue weighted by molar-refractivity contribution is 5.99. The van der Waals surface area contributed by atoms with E-state index in [0.29, 0.717) is 50.1 Å². The summed E-state index contributed by atoms with van der Waals surface area (Å²) in [4.78, 5) is 82.5. The second kappa shape index (κ2) is 20.5. The highest BCUT2D eigenvalue weighted by Gasteiger charge is 2.40. The monoisotopic (exact) mass is 871 g/mol. The number of nitrogens with zero attached hydrogens (tertiary/aromatic N) is 3. The Morgan fingerprint density at radius 3 is 1.62 bits per heavy atom. The van der Waals surface area contributed by atoms with Crippen molar-refractivity contribution in [2.75, 3.05) is 49.4 Å². The van der Waals surface area contributed by atoms with E-state index in [4.69, 9.17) is 4.74 Å². The Hall–Kier alpha value is -6.90. The number of likely N-dealkylation sites (tertiary alicyclic amines) is 2. The molecular weight excluding hydrogens is 815 g/mol. The molecule has 0 bridgehead atoms. The van der Waals surface area contributed by atoms with Gasteiger partial charge in [-0.3, -0.25) is 19.2 Å². The van der Waals surface area contributed by atoms with Crippen molar-refractivity contribution in [1.82, 2.24) is 20.4 Å². The van der Waals surface area contributed by atoms with Gasteiger partial charge in [0.05, 0.1) is 26.3 Å². The fourth-order valence-electron chi connectivity index (χ4n) is 9.15. The number of methoxy groups -OCH3 is 2. The van der Waals surface area contributed by atoms with Crippen LogP contribution < -0.4 is 26.2 Å². The number of ether oxygens (including phenoxy) is 2. The van der Waals surface area contributed by atoms with Gasteiger partial charge in [0, 0.05) is 30.2 Å². The molecule has 0 aliphatic carbocycles. The molecule has 15 heteroatoms. The fraction of sp³-hybridized carbons (Fsp3) is 0.388. The standard InChI is InChI=1S/C49H57N7O8/c1-31(2)44(53-49(62)64-4)47(60)55-29-9-13-42(55)46(59)52-37-22-16-35(17-23-37)40-27-26-39(56(40)38-24-18-33(19-25-38)32-10-6-5-7-11-32)34-14-20-36(21-15-34)51-45(58)41-12-8-28-54(41)43(57)30-50-48(61)63-3/h5-7,10-11,14-25,31,39-42,44H,8-9,12-13,26-30H2,1-4H3,(H,50,61)(H,51,58)(H,52,59)(H,53,62). The summed E-state index contributed by atoms with van der Waals surface area (Å²) in [5.41, 5.74) is 6.71.